The number of thiocarbonyl (C=S) groups is 1. The lowest BCUT2D eigenvalue weighted by molar-refractivity contribution is -0.143. The predicted octanol–water partition coefficient (Wildman–Crippen LogP) is 1.22. The van der Waals surface area contributed by atoms with Crippen LogP contribution < -0.4 is 10.6 Å². The minimum absolute atomic E-state index is 0.0860. The van der Waals surface area contributed by atoms with Crippen LogP contribution in [0.5, 0.6) is 0 Å². The number of carbonyl (C=O) groups is 2. The van der Waals surface area contributed by atoms with E-state index in [1.54, 1.807) is 17.8 Å². The largest absolute Gasteiger partial charge is 0.302 e. The van der Waals surface area contributed by atoms with Gasteiger partial charge in [-0.1, -0.05) is 13.0 Å². The molecule has 6 heteroatoms. The van der Waals surface area contributed by atoms with Gasteiger partial charge < -0.3 is 10.6 Å². The van der Waals surface area contributed by atoms with Gasteiger partial charge in [-0.25, -0.2) is 0 Å². The van der Waals surface area contributed by atoms with E-state index in [0.717, 1.165) is 11.5 Å². The Morgan fingerprint density at radius 2 is 2.00 bits per heavy atom. The molecule has 0 radical (unpaired) electrons. The van der Waals surface area contributed by atoms with E-state index in [2.05, 4.69) is 17.2 Å². The lowest BCUT2D eigenvalue weighted by Gasteiger charge is -2.34. The first kappa shape index (κ1) is 14.2. The van der Waals surface area contributed by atoms with Gasteiger partial charge in [-0.2, -0.15) is 11.8 Å². The zero-order valence-electron chi connectivity index (χ0n) is 9.75. The van der Waals surface area contributed by atoms with Crippen LogP contribution in [-0.4, -0.2) is 28.4 Å². The Balaban J connectivity index is 2.87. The van der Waals surface area contributed by atoms with E-state index in [4.69, 9.17) is 12.2 Å². The standard InChI is InChI=1S/C11H16N2O2S2/c1-3-5-11(6-7-17-4-2)8(14)12-10(16)13-9(11)15/h3H,1,4-7H2,2H3,(H2,12,13,14,15,16). The maximum atomic E-state index is 12.0. The summed E-state index contributed by atoms with van der Waals surface area (Å²) in [5, 5.41) is 5.12. The normalized spacial score (nSPS) is 18.5. The topological polar surface area (TPSA) is 58.2 Å². The Kier molecular flexibility index (Phi) is 5.14. The molecule has 0 atom stereocenters. The molecule has 1 heterocycles. The molecular weight excluding hydrogens is 256 g/mol. The average Bonchev–Trinajstić information content (AvgIpc) is 2.25. The Morgan fingerprint density at radius 3 is 2.47 bits per heavy atom. The van der Waals surface area contributed by atoms with Crippen molar-refractivity contribution in [1.29, 1.82) is 0 Å². The van der Waals surface area contributed by atoms with Gasteiger partial charge in [0.15, 0.2) is 5.11 Å². The second kappa shape index (κ2) is 6.16. The fraction of sp³-hybridized carbons (Fsp3) is 0.545. The van der Waals surface area contributed by atoms with Crippen molar-refractivity contribution in [3.63, 3.8) is 0 Å². The molecule has 0 aliphatic carbocycles. The minimum Gasteiger partial charge on any atom is -0.302 e. The summed E-state index contributed by atoms with van der Waals surface area (Å²) in [6.07, 6.45) is 2.43. The number of thioether (sulfide) groups is 1. The Hall–Kier alpha value is -0.880. The molecule has 0 aromatic heterocycles. The Labute approximate surface area is 111 Å². The molecule has 94 valence electrons. The molecule has 17 heavy (non-hydrogen) atoms. The Bertz CT molecular complexity index is 335. The lowest BCUT2D eigenvalue weighted by atomic mass is 9.78. The van der Waals surface area contributed by atoms with Crippen molar-refractivity contribution in [3.8, 4) is 0 Å². The van der Waals surface area contributed by atoms with Crippen LogP contribution >= 0.6 is 24.0 Å². The molecule has 0 unspecified atom stereocenters. The van der Waals surface area contributed by atoms with Crippen LogP contribution in [-0.2, 0) is 9.59 Å². The molecule has 1 aliphatic rings. The molecule has 0 aromatic rings. The lowest BCUT2D eigenvalue weighted by Crippen LogP contribution is -2.62. The quantitative estimate of drug-likeness (QED) is 0.330. The average molecular weight is 272 g/mol. The Morgan fingerprint density at radius 1 is 1.41 bits per heavy atom. The highest BCUT2D eigenvalue weighted by Crippen LogP contribution is 2.31. The molecule has 1 aliphatic heterocycles. The van der Waals surface area contributed by atoms with Gasteiger partial charge in [0.25, 0.3) is 0 Å². The minimum atomic E-state index is -1.05. The maximum absolute atomic E-state index is 12.0. The van der Waals surface area contributed by atoms with Crippen LogP contribution in [0.25, 0.3) is 0 Å². The van der Waals surface area contributed by atoms with Crippen molar-refractivity contribution in [3.05, 3.63) is 12.7 Å². The van der Waals surface area contributed by atoms with Crippen LogP contribution in [0.1, 0.15) is 19.8 Å². The van der Waals surface area contributed by atoms with Gasteiger partial charge in [0, 0.05) is 0 Å². The van der Waals surface area contributed by atoms with Crippen LogP contribution in [0, 0.1) is 5.41 Å². The molecular formula is C11H16N2O2S2. The molecule has 0 spiro atoms. The summed E-state index contributed by atoms with van der Waals surface area (Å²) < 4.78 is 0. The van der Waals surface area contributed by atoms with Gasteiger partial charge in [0.05, 0.1) is 0 Å². The number of rotatable bonds is 6. The van der Waals surface area contributed by atoms with Gasteiger partial charge in [-0.15, -0.1) is 6.58 Å². The zero-order chi connectivity index (χ0) is 12.9. The number of carbonyl (C=O) groups excluding carboxylic acids is 2. The molecule has 2 amide bonds. The summed E-state index contributed by atoms with van der Waals surface area (Å²) in [4.78, 5) is 24.0. The molecule has 1 fully saturated rings. The maximum Gasteiger partial charge on any atom is 0.242 e. The molecule has 0 saturated carbocycles. The number of hydrogen-bond acceptors (Lipinski definition) is 4. The summed E-state index contributed by atoms with van der Waals surface area (Å²) >= 11 is 6.49. The second-order valence-corrected chi connectivity index (χ2v) is 5.56. The number of allylic oxidation sites excluding steroid dienone is 1. The second-order valence-electron chi connectivity index (χ2n) is 3.76. The number of amides is 2. The van der Waals surface area contributed by atoms with Crippen molar-refractivity contribution in [2.75, 3.05) is 11.5 Å². The van der Waals surface area contributed by atoms with E-state index in [1.165, 1.54) is 0 Å². The van der Waals surface area contributed by atoms with Gasteiger partial charge in [-0.3, -0.25) is 9.59 Å². The van der Waals surface area contributed by atoms with Crippen LogP contribution in [0.2, 0.25) is 0 Å². The van der Waals surface area contributed by atoms with E-state index in [0.29, 0.717) is 12.8 Å². The zero-order valence-corrected chi connectivity index (χ0v) is 11.4. The number of nitrogens with one attached hydrogen (secondary N) is 2. The highest BCUT2D eigenvalue weighted by atomic mass is 32.2. The summed E-state index contributed by atoms with van der Waals surface area (Å²) in [5.41, 5.74) is -1.05. The van der Waals surface area contributed by atoms with Crippen molar-refractivity contribution in [2.24, 2.45) is 5.41 Å². The molecule has 2 N–H and O–H groups in total. The van der Waals surface area contributed by atoms with E-state index in [-0.39, 0.29) is 16.9 Å². The molecule has 1 rings (SSSR count). The highest BCUT2D eigenvalue weighted by Gasteiger charge is 2.47. The number of hydrogen-bond donors (Lipinski definition) is 2. The summed E-state index contributed by atoms with van der Waals surface area (Å²) in [7, 11) is 0. The SMILES string of the molecule is C=CCC1(CCSCC)C(=O)NC(=S)NC1=O. The van der Waals surface area contributed by atoms with Crippen LogP contribution in [0.4, 0.5) is 0 Å². The fourth-order valence-electron chi connectivity index (χ4n) is 1.73. The smallest absolute Gasteiger partial charge is 0.242 e. The first-order valence-corrected chi connectivity index (χ1v) is 6.98. The highest BCUT2D eigenvalue weighted by molar-refractivity contribution is 7.99. The monoisotopic (exact) mass is 272 g/mol. The third-order valence-electron chi connectivity index (χ3n) is 2.69. The van der Waals surface area contributed by atoms with Gasteiger partial charge >= 0.3 is 0 Å². The van der Waals surface area contributed by atoms with Crippen molar-refractivity contribution < 1.29 is 9.59 Å². The van der Waals surface area contributed by atoms with Gasteiger partial charge in [-0.05, 0) is 36.6 Å². The fourth-order valence-corrected chi connectivity index (χ4v) is 2.70. The van der Waals surface area contributed by atoms with E-state index in [9.17, 15) is 9.59 Å². The van der Waals surface area contributed by atoms with E-state index in [1.807, 2.05) is 6.92 Å². The third kappa shape index (κ3) is 3.07. The third-order valence-corrected chi connectivity index (χ3v) is 3.80. The molecule has 4 nitrogen and oxygen atoms in total. The van der Waals surface area contributed by atoms with Gasteiger partial charge in [0.2, 0.25) is 11.8 Å². The molecule has 0 bridgehead atoms. The van der Waals surface area contributed by atoms with Gasteiger partial charge in [0.1, 0.15) is 5.41 Å². The van der Waals surface area contributed by atoms with Crippen molar-refractivity contribution in [1.82, 2.24) is 10.6 Å². The van der Waals surface area contributed by atoms with Crippen molar-refractivity contribution in [2.45, 2.75) is 19.8 Å². The molecule has 1 saturated heterocycles. The van der Waals surface area contributed by atoms with Crippen LogP contribution in [0.3, 0.4) is 0 Å². The van der Waals surface area contributed by atoms with Crippen molar-refractivity contribution >= 4 is 40.9 Å². The predicted molar refractivity (Wildman–Crippen MR) is 73.7 cm³/mol. The summed E-state index contributed by atoms with van der Waals surface area (Å²) in [6.45, 7) is 5.66. The molecule has 0 aromatic carbocycles. The van der Waals surface area contributed by atoms with E-state index < -0.39 is 5.41 Å². The first-order chi connectivity index (χ1) is 8.06. The summed E-state index contributed by atoms with van der Waals surface area (Å²) in [6, 6.07) is 0. The summed E-state index contributed by atoms with van der Waals surface area (Å²) in [5.74, 6) is 1.09. The van der Waals surface area contributed by atoms with E-state index >= 15 is 0 Å². The first-order valence-electron chi connectivity index (χ1n) is 5.42. The van der Waals surface area contributed by atoms with Crippen LogP contribution in [0.15, 0.2) is 12.7 Å².